The van der Waals surface area contributed by atoms with Gasteiger partial charge in [0, 0.05) is 24.2 Å². The van der Waals surface area contributed by atoms with Gasteiger partial charge in [-0.15, -0.1) is 0 Å². The highest BCUT2D eigenvalue weighted by Crippen LogP contribution is 2.28. The summed E-state index contributed by atoms with van der Waals surface area (Å²) in [5, 5.41) is 3.19. The summed E-state index contributed by atoms with van der Waals surface area (Å²) in [5.41, 5.74) is 6.94. The number of piperidine rings is 1. The Morgan fingerprint density at radius 2 is 2.19 bits per heavy atom. The SMILES string of the molecule is COc1cc(C(=O)NC2CCN3CCCCC23)ccc1N. The van der Waals surface area contributed by atoms with E-state index in [2.05, 4.69) is 10.2 Å². The van der Waals surface area contributed by atoms with Crippen molar-refractivity contribution in [3.05, 3.63) is 23.8 Å². The fourth-order valence-corrected chi connectivity index (χ4v) is 3.52. The highest BCUT2D eigenvalue weighted by atomic mass is 16.5. The number of carbonyl (C=O) groups excluding carboxylic acids is 1. The number of methoxy groups -OCH3 is 1. The van der Waals surface area contributed by atoms with Crippen molar-refractivity contribution in [3.8, 4) is 5.75 Å². The largest absolute Gasteiger partial charge is 0.495 e. The molecule has 5 heteroatoms. The van der Waals surface area contributed by atoms with Gasteiger partial charge in [-0.2, -0.15) is 0 Å². The maximum absolute atomic E-state index is 12.4. The molecule has 0 bridgehead atoms. The van der Waals surface area contributed by atoms with Crippen LogP contribution in [-0.4, -0.2) is 43.1 Å². The first-order chi connectivity index (χ1) is 10.2. The van der Waals surface area contributed by atoms with Crippen molar-refractivity contribution >= 4 is 11.6 Å². The van der Waals surface area contributed by atoms with Gasteiger partial charge in [-0.05, 0) is 44.0 Å². The Bertz CT molecular complexity index is 532. The lowest BCUT2D eigenvalue weighted by Crippen LogP contribution is -2.46. The lowest BCUT2D eigenvalue weighted by atomic mass is 9.99. The molecule has 2 heterocycles. The standard InChI is InChI=1S/C16H23N3O2/c1-21-15-10-11(5-6-12(15)17)16(20)18-13-7-9-19-8-3-2-4-14(13)19/h5-6,10,13-14H,2-4,7-9,17H2,1H3,(H,18,20). The number of hydrogen-bond donors (Lipinski definition) is 2. The Morgan fingerprint density at radius 3 is 3.00 bits per heavy atom. The molecule has 3 N–H and O–H groups in total. The summed E-state index contributed by atoms with van der Waals surface area (Å²) in [6.45, 7) is 2.27. The van der Waals surface area contributed by atoms with E-state index in [0.717, 1.165) is 13.0 Å². The second-order valence-corrected chi connectivity index (χ2v) is 5.92. The average molecular weight is 289 g/mol. The van der Waals surface area contributed by atoms with Gasteiger partial charge in [0.05, 0.1) is 12.8 Å². The molecule has 1 aromatic rings. The maximum Gasteiger partial charge on any atom is 0.251 e. The molecular weight excluding hydrogens is 266 g/mol. The van der Waals surface area contributed by atoms with Crippen LogP contribution in [0, 0.1) is 0 Å². The van der Waals surface area contributed by atoms with Gasteiger partial charge in [0.25, 0.3) is 5.91 Å². The van der Waals surface area contributed by atoms with E-state index in [-0.39, 0.29) is 11.9 Å². The molecule has 2 aliphatic rings. The van der Waals surface area contributed by atoms with Crippen LogP contribution in [-0.2, 0) is 0 Å². The van der Waals surface area contributed by atoms with E-state index >= 15 is 0 Å². The number of nitrogens with two attached hydrogens (primary N) is 1. The molecule has 1 aromatic carbocycles. The minimum Gasteiger partial charge on any atom is -0.495 e. The number of hydrogen-bond acceptors (Lipinski definition) is 4. The van der Waals surface area contributed by atoms with Gasteiger partial charge in [-0.1, -0.05) is 6.42 Å². The third kappa shape index (κ3) is 2.83. The minimum atomic E-state index is -0.0364. The van der Waals surface area contributed by atoms with Gasteiger partial charge in [0.1, 0.15) is 5.75 Å². The topological polar surface area (TPSA) is 67.6 Å². The van der Waals surface area contributed by atoms with Crippen LogP contribution in [0.4, 0.5) is 5.69 Å². The second kappa shape index (κ2) is 5.93. The molecule has 2 saturated heterocycles. The zero-order valence-corrected chi connectivity index (χ0v) is 12.5. The van der Waals surface area contributed by atoms with Crippen LogP contribution in [0.15, 0.2) is 18.2 Å². The molecule has 21 heavy (non-hydrogen) atoms. The molecule has 5 nitrogen and oxygen atoms in total. The number of nitrogens with one attached hydrogen (secondary N) is 1. The Labute approximate surface area is 125 Å². The van der Waals surface area contributed by atoms with Crippen molar-refractivity contribution in [1.82, 2.24) is 10.2 Å². The van der Waals surface area contributed by atoms with E-state index in [1.807, 2.05) is 0 Å². The smallest absolute Gasteiger partial charge is 0.251 e. The number of benzene rings is 1. The first-order valence-electron chi connectivity index (χ1n) is 7.67. The summed E-state index contributed by atoms with van der Waals surface area (Å²) in [6.07, 6.45) is 4.79. The molecule has 114 valence electrons. The quantitative estimate of drug-likeness (QED) is 0.830. The molecule has 2 fully saturated rings. The van der Waals surface area contributed by atoms with Gasteiger partial charge in [0.15, 0.2) is 0 Å². The van der Waals surface area contributed by atoms with E-state index in [9.17, 15) is 4.79 Å². The number of anilines is 1. The summed E-state index contributed by atoms with van der Waals surface area (Å²) >= 11 is 0. The lowest BCUT2D eigenvalue weighted by molar-refractivity contribution is 0.0915. The number of amides is 1. The van der Waals surface area contributed by atoms with Gasteiger partial charge in [-0.3, -0.25) is 9.69 Å². The summed E-state index contributed by atoms with van der Waals surface area (Å²) in [4.78, 5) is 14.9. The summed E-state index contributed by atoms with van der Waals surface area (Å²) < 4.78 is 5.18. The number of carbonyl (C=O) groups is 1. The predicted octanol–water partition coefficient (Wildman–Crippen LogP) is 1.63. The first kappa shape index (κ1) is 14.2. The maximum atomic E-state index is 12.4. The molecule has 0 aliphatic carbocycles. The highest BCUT2D eigenvalue weighted by Gasteiger charge is 2.36. The Morgan fingerprint density at radius 1 is 1.33 bits per heavy atom. The van der Waals surface area contributed by atoms with Crippen LogP contribution in [0.25, 0.3) is 0 Å². The van der Waals surface area contributed by atoms with Crippen LogP contribution in [0.3, 0.4) is 0 Å². The van der Waals surface area contributed by atoms with Gasteiger partial charge < -0.3 is 15.8 Å². The first-order valence-corrected chi connectivity index (χ1v) is 7.67. The zero-order valence-electron chi connectivity index (χ0n) is 12.5. The number of fused-ring (bicyclic) bond motifs is 1. The van der Waals surface area contributed by atoms with Crippen molar-refractivity contribution in [2.45, 2.75) is 37.8 Å². The van der Waals surface area contributed by atoms with Crippen LogP contribution in [0.2, 0.25) is 0 Å². The summed E-state index contributed by atoms with van der Waals surface area (Å²) in [5.74, 6) is 0.513. The fraction of sp³-hybridized carbons (Fsp3) is 0.562. The van der Waals surface area contributed by atoms with E-state index in [1.165, 1.54) is 25.8 Å². The molecule has 0 saturated carbocycles. The molecule has 2 unspecified atom stereocenters. The molecule has 0 radical (unpaired) electrons. The third-order valence-corrected chi connectivity index (χ3v) is 4.67. The van der Waals surface area contributed by atoms with Crippen LogP contribution < -0.4 is 15.8 Å². The van der Waals surface area contributed by atoms with E-state index < -0.39 is 0 Å². The molecule has 3 rings (SSSR count). The zero-order chi connectivity index (χ0) is 14.8. The summed E-state index contributed by atoms with van der Waals surface area (Å²) in [6, 6.07) is 5.95. The van der Waals surface area contributed by atoms with E-state index in [0.29, 0.717) is 23.0 Å². The fourth-order valence-electron chi connectivity index (χ4n) is 3.52. The Kier molecular flexibility index (Phi) is 4.01. The van der Waals surface area contributed by atoms with E-state index in [1.54, 1.807) is 25.3 Å². The van der Waals surface area contributed by atoms with Crippen LogP contribution >= 0.6 is 0 Å². The van der Waals surface area contributed by atoms with Gasteiger partial charge in [0.2, 0.25) is 0 Å². The molecule has 0 aromatic heterocycles. The molecule has 0 spiro atoms. The van der Waals surface area contributed by atoms with Crippen molar-refractivity contribution in [1.29, 1.82) is 0 Å². The van der Waals surface area contributed by atoms with E-state index in [4.69, 9.17) is 10.5 Å². The molecule has 2 atom stereocenters. The van der Waals surface area contributed by atoms with Crippen molar-refractivity contribution in [3.63, 3.8) is 0 Å². The number of nitrogens with zero attached hydrogens (tertiary/aromatic N) is 1. The normalized spacial score (nSPS) is 25.4. The monoisotopic (exact) mass is 289 g/mol. The second-order valence-electron chi connectivity index (χ2n) is 5.92. The molecule has 2 aliphatic heterocycles. The van der Waals surface area contributed by atoms with Gasteiger partial charge in [-0.25, -0.2) is 0 Å². The molecule has 1 amide bonds. The van der Waals surface area contributed by atoms with Gasteiger partial charge >= 0.3 is 0 Å². The number of nitrogen functional groups attached to an aromatic ring is 1. The van der Waals surface area contributed by atoms with Crippen molar-refractivity contribution < 1.29 is 9.53 Å². The van der Waals surface area contributed by atoms with Crippen molar-refractivity contribution in [2.24, 2.45) is 0 Å². The predicted molar refractivity (Wildman–Crippen MR) is 82.5 cm³/mol. The van der Waals surface area contributed by atoms with Crippen molar-refractivity contribution in [2.75, 3.05) is 25.9 Å². The lowest BCUT2D eigenvalue weighted by Gasteiger charge is -2.32. The van der Waals surface area contributed by atoms with Crippen LogP contribution in [0.5, 0.6) is 5.75 Å². The highest BCUT2D eigenvalue weighted by molar-refractivity contribution is 5.95. The third-order valence-electron chi connectivity index (χ3n) is 4.67. The Hall–Kier alpha value is -1.75. The number of ether oxygens (including phenoxy) is 1. The minimum absolute atomic E-state index is 0.0364. The Balaban J connectivity index is 1.69. The summed E-state index contributed by atoms with van der Waals surface area (Å²) in [7, 11) is 1.56. The molecular formula is C16H23N3O2. The van der Waals surface area contributed by atoms with Crippen LogP contribution in [0.1, 0.15) is 36.0 Å². The average Bonchev–Trinajstić information content (AvgIpc) is 2.91. The number of rotatable bonds is 3.